The molecule has 1 aliphatic heterocycles. The number of carbonyl (C=O) groups excluding carboxylic acids is 4. The summed E-state index contributed by atoms with van der Waals surface area (Å²) in [6.07, 6.45) is 1.36. The predicted molar refractivity (Wildman–Crippen MR) is 65.4 cm³/mol. The summed E-state index contributed by atoms with van der Waals surface area (Å²) < 4.78 is 4.94. The second-order valence-electron chi connectivity index (χ2n) is 4.36. The molecule has 0 saturated carbocycles. The van der Waals surface area contributed by atoms with E-state index in [0.717, 1.165) is 9.80 Å². The summed E-state index contributed by atoms with van der Waals surface area (Å²) in [4.78, 5) is 48.4. The molecular weight excluding hydrogens is 266 g/mol. The van der Waals surface area contributed by atoms with Crippen molar-refractivity contribution in [2.45, 2.75) is 0 Å². The van der Waals surface area contributed by atoms with E-state index in [1.807, 2.05) is 0 Å². The van der Waals surface area contributed by atoms with Crippen molar-refractivity contribution in [1.29, 1.82) is 0 Å². The van der Waals surface area contributed by atoms with Crippen LogP contribution in [0.3, 0.4) is 0 Å². The highest BCUT2D eigenvalue weighted by Crippen LogP contribution is 2.05. The summed E-state index contributed by atoms with van der Waals surface area (Å²) in [5.74, 6) is -1.87. The van der Waals surface area contributed by atoms with Crippen LogP contribution in [-0.4, -0.2) is 60.1 Å². The number of nitrogens with zero attached hydrogens (tertiary/aromatic N) is 2. The highest BCUT2D eigenvalue weighted by Gasteiger charge is 2.28. The number of likely N-dealkylation sites (N-methyl/N-ethyl adjacent to an activating group) is 1. The van der Waals surface area contributed by atoms with E-state index in [1.165, 1.54) is 19.4 Å². The maximum Gasteiger partial charge on any atom is 0.289 e. The lowest BCUT2D eigenvalue weighted by molar-refractivity contribution is -0.145. The van der Waals surface area contributed by atoms with E-state index in [0.29, 0.717) is 0 Å². The predicted octanol–water partition coefficient (Wildman–Crippen LogP) is -1.16. The first-order chi connectivity index (χ1) is 9.47. The Labute approximate surface area is 114 Å². The number of amides is 4. The van der Waals surface area contributed by atoms with Crippen molar-refractivity contribution in [3.8, 4) is 0 Å². The molecule has 0 unspecified atom stereocenters. The van der Waals surface area contributed by atoms with Crippen molar-refractivity contribution >= 4 is 23.6 Å². The fraction of sp³-hybridized carbons (Fsp3) is 0.333. The number of hydrogen-bond donors (Lipinski definition) is 1. The van der Waals surface area contributed by atoms with Gasteiger partial charge in [-0.2, -0.15) is 0 Å². The Morgan fingerprint density at radius 2 is 2.00 bits per heavy atom. The highest BCUT2D eigenvalue weighted by molar-refractivity contribution is 6.03. The number of piperazine rings is 1. The largest absolute Gasteiger partial charge is 0.459 e. The summed E-state index contributed by atoms with van der Waals surface area (Å²) in [5, 5.41) is 2.10. The van der Waals surface area contributed by atoms with Crippen molar-refractivity contribution < 1.29 is 23.6 Å². The molecule has 0 aromatic carbocycles. The normalized spacial score (nSPS) is 14.9. The zero-order chi connectivity index (χ0) is 14.7. The van der Waals surface area contributed by atoms with Gasteiger partial charge >= 0.3 is 0 Å². The molecule has 0 bridgehead atoms. The first kappa shape index (κ1) is 13.8. The van der Waals surface area contributed by atoms with Gasteiger partial charge in [0.2, 0.25) is 17.7 Å². The average Bonchev–Trinajstić information content (AvgIpc) is 2.90. The zero-order valence-corrected chi connectivity index (χ0v) is 10.8. The van der Waals surface area contributed by atoms with Crippen LogP contribution in [-0.2, 0) is 14.4 Å². The maximum atomic E-state index is 11.9. The second-order valence-corrected chi connectivity index (χ2v) is 4.36. The standard InChI is InChI=1S/C12H13N3O5/c1-14(12(19)8-3-2-4-20-8)7-11(18)15-5-9(16)13-10(17)6-15/h2-4H,5-7H2,1H3,(H,13,16,17). The maximum absolute atomic E-state index is 11.9. The number of furan rings is 1. The molecule has 0 spiro atoms. The Morgan fingerprint density at radius 3 is 2.55 bits per heavy atom. The van der Waals surface area contributed by atoms with Crippen molar-refractivity contribution in [3.63, 3.8) is 0 Å². The molecule has 1 aliphatic rings. The quantitative estimate of drug-likeness (QED) is 0.703. The number of rotatable bonds is 3. The van der Waals surface area contributed by atoms with Crippen LogP contribution in [0.25, 0.3) is 0 Å². The fourth-order valence-corrected chi connectivity index (χ4v) is 1.78. The van der Waals surface area contributed by atoms with Crippen LogP contribution in [0.2, 0.25) is 0 Å². The van der Waals surface area contributed by atoms with E-state index >= 15 is 0 Å². The molecule has 106 valence electrons. The molecule has 2 rings (SSSR count). The lowest BCUT2D eigenvalue weighted by Crippen LogP contribution is -2.55. The molecule has 0 radical (unpaired) electrons. The molecule has 0 aliphatic carbocycles. The molecule has 8 nitrogen and oxygen atoms in total. The molecule has 1 saturated heterocycles. The Morgan fingerprint density at radius 1 is 1.35 bits per heavy atom. The summed E-state index contributed by atoms with van der Waals surface area (Å²) >= 11 is 0. The molecule has 8 heteroatoms. The summed E-state index contributed by atoms with van der Waals surface area (Å²) in [6.45, 7) is -0.610. The van der Waals surface area contributed by atoms with Crippen molar-refractivity contribution in [3.05, 3.63) is 24.2 Å². The van der Waals surface area contributed by atoms with Gasteiger partial charge in [-0.25, -0.2) is 0 Å². The monoisotopic (exact) mass is 279 g/mol. The van der Waals surface area contributed by atoms with Crippen molar-refractivity contribution in [2.24, 2.45) is 0 Å². The third-order valence-electron chi connectivity index (χ3n) is 2.75. The van der Waals surface area contributed by atoms with Crippen molar-refractivity contribution in [2.75, 3.05) is 26.7 Å². The first-order valence-electron chi connectivity index (χ1n) is 5.87. The minimum Gasteiger partial charge on any atom is -0.459 e. The van der Waals surface area contributed by atoms with Gasteiger partial charge in [0.1, 0.15) is 13.1 Å². The lowest BCUT2D eigenvalue weighted by atomic mass is 10.3. The van der Waals surface area contributed by atoms with Crippen LogP contribution in [0.1, 0.15) is 10.6 Å². The molecule has 1 fully saturated rings. The van der Waals surface area contributed by atoms with Crippen LogP contribution in [0.15, 0.2) is 22.8 Å². The molecule has 1 aromatic rings. The Bertz CT molecular complexity index is 535. The number of imide groups is 1. The Kier molecular flexibility index (Phi) is 3.83. The van der Waals surface area contributed by atoms with Gasteiger partial charge in [0, 0.05) is 7.05 Å². The third kappa shape index (κ3) is 3.02. The van der Waals surface area contributed by atoms with Crippen molar-refractivity contribution in [1.82, 2.24) is 15.1 Å². The van der Waals surface area contributed by atoms with E-state index in [4.69, 9.17) is 4.42 Å². The van der Waals surface area contributed by atoms with E-state index in [-0.39, 0.29) is 25.4 Å². The van der Waals surface area contributed by atoms with Crippen LogP contribution in [0.5, 0.6) is 0 Å². The van der Waals surface area contributed by atoms with Gasteiger partial charge in [0.15, 0.2) is 5.76 Å². The van der Waals surface area contributed by atoms with Gasteiger partial charge < -0.3 is 14.2 Å². The smallest absolute Gasteiger partial charge is 0.289 e. The average molecular weight is 279 g/mol. The SMILES string of the molecule is CN(CC(=O)N1CC(=O)NC(=O)C1)C(=O)c1ccco1. The number of carbonyl (C=O) groups is 4. The van der Waals surface area contributed by atoms with E-state index < -0.39 is 23.6 Å². The summed E-state index contributed by atoms with van der Waals surface area (Å²) in [6, 6.07) is 3.05. The molecule has 0 atom stereocenters. The topological polar surface area (TPSA) is 99.9 Å². The number of nitrogens with one attached hydrogen (secondary N) is 1. The van der Waals surface area contributed by atoms with Crippen LogP contribution < -0.4 is 5.32 Å². The third-order valence-corrected chi connectivity index (χ3v) is 2.75. The summed E-state index contributed by atoms with van der Waals surface area (Å²) in [7, 11) is 1.44. The number of hydrogen-bond acceptors (Lipinski definition) is 5. The van der Waals surface area contributed by atoms with E-state index in [9.17, 15) is 19.2 Å². The summed E-state index contributed by atoms with van der Waals surface area (Å²) in [5.41, 5.74) is 0. The van der Waals surface area contributed by atoms with Crippen LogP contribution in [0.4, 0.5) is 0 Å². The van der Waals surface area contributed by atoms with Gasteiger partial charge in [-0.3, -0.25) is 24.5 Å². The fourth-order valence-electron chi connectivity index (χ4n) is 1.78. The van der Waals surface area contributed by atoms with Gasteiger partial charge in [0.25, 0.3) is 5.91 Å². The highest BCUT2D eigenvalue weighted by atomic mass is 16.3. The van der Waals surface area contributed by atoms with Gasteiger partial charge in [0.05, 0.1) is 12.8 Å². The molecular formula is C12H13N3O5. The minimum absolute atomic E-state index is 0.118. The molecule has 2 heterocycles. The van der Waals surface area contributed by atoms with Gasteiger partial charge in [-0.15, -0.1) is 0 Å². The molecule has 20 heavy (non-hydrogen) atoms. The first-order valence-corrected chi connectivity index (χ1v) is 5.87. The van der Waals surface area contributed by atoms with Gasteiger partial charge in [-0.1, -0.05) is 0 Å². The van der Waals surface area contributed by atoms with E-state index in [1.54, 1.807) is 6.07 Å². The minimum atomic E-state index is -0.533. The van der Waals surface area contributed by atoms with Gasteiger partial charge in [-0.05, 0) is 12.1 Å². The van der Waals surface area contributed by atoms with Crippen LogP contribution in [0, 0.1) is 0 Å². The zero-order valence-electron chi connectivity index (χ0n) is 10.8. The lowest BCUT2D eigenvalue weighted by Gasteiger charge is -2.27. The Balaban J connectivity index is 1.95. The van der Waals surface area contributed by atoms with Crippen LogP contribution >= 0.6 is 0 Å². The Hall–Kier alpha value is -2.64. The molecule has 1 aromatic heterocycles. The molecule has 4 amide bonds. The van der Waals surface area contributed by atoms with E-state index in [2.05, 4.69) is 5.32 Å². The molecule has 1 N–H and O–H groups in total. The second kappa shape index (κ2) is 5.55.